The molecule has 0 fully saturated rings. The van der Waals surface area contributed by atoms with Gasteiger partial charge in [0.15, 0.2) is 0 Å². The molecule has 1 nitrogen and oxygen atoms in total. The van der Waals surface area contributed by atoms with E-state index in [0.29, 0.717) is 0 Å². The van der Waals surface area contributed by atoms with Crippen LogP contribution in [0.25, 0.3) is 22.4 Å². The number of nitrogens with zero attached hydrogens (tertiary/aromatic N) is 1. The molecular formula is C18H16BN. The third-order valence-corrected chi connectivity index (χ3v) is 3.50. The van der Waals surface area contributed by atoms with Gasteiger partial charge in [0.25, 0.3) is 0 Å². The van der Waals surface area contributed by atoms with Gasteiger partial charge in [-0.05, 0) is 18.6 Å². The Labute approximate surface area is 120 Å². The average Bonchev–Trinajstić information content (AvgIpc) is 2.49. The molecule has 0 amide bonds. The van der Waals surface area contributed by atoms with Crippen molar-refractivity contribution in [2.75, 3.05) is 0 Å². The molecule has 0 aliphatic carbocycles. The van der Waals surface area contributed by atoms with Crippen LogP contribution in [0, 0.1) is 6.92 Å². The molecule has 96 valence electrons. The van der Waals surface area contributed by atoms with Crippen molar-refractivity contribution in [3.63, 3.8) is 0 Å². The first-order chi connectivity index (χ1) is 9.72. The van der Waals surface area contributed by atoms with Gasteiger partial charge in [0, 0.05) is 17.3 Å². The molecular weight excluding hydrogens is 241 g/mol. The smallest absolute Gasteiger partial charge is 0.139 e. The van der Waals surface area contributed by atoms with Crippen LogP contribution in [0.5, 0.6) is 0 Å². The summed E-state index contributed by atoms with van der Waals surface area (Å²) in [6.07, 6.45) is 1.94. The zero-order chi connectivity index (χ0) is 13.9. The third-order valence-electron chi connectivity index (χ3n) is 3.50. The van der Waals surface area contributed by atoms with Gasteiger partial charge in [-0.3, -0.25) is 4.98 Å². The van der Waals surface area contributed by atoms with E-state index in [1.165, 1.54) is 16.6 Å². The second-order valence-electron chi connectivity index (χ2n) is 5.16. The number of pyridine rings is 1. The molecule has 20 heavy (non-hydrogen) atoms. The summed E-state index contributed by atoms with van der Waals surface area (Å²) in [5.41, 5.74) is 7.08. The van der Waals surface area contributed by atoms with Crippen LogP contribution in [0.15, 0.2) is 66.9 Å². The van der Waals surface area contributed by atoms with Crippen LogP contribution in [0.4, 0.5) is 0 Å². The van der Waals surface area contributed by atoms with Gasteiger partial charge >= 0.3 is 0 Å². The molecule has 0 unspecified atom stereocenters. The van der Waals surface area contributed by atoms with Crippen LogP contribution in [0.3, 0.4) is 0 Å². The predicted molar refractivity (Wildman–Crippen MR) is 88.0 cm³/mol. The Balaban J connectivity index is 1.91. The van der Waals surface area contributed by atoms with Gasteiger partial charge in [0.2, 0.25) is 0 Å². The minimum absolute atomic E-state index is 1.01. The molecule has 0 aliphatic rings. The first kappa shape index (κ1) is 12.7. The number of hydrogen-bond acceptors (Lipinski definition) is 1. The zero-order valence-corrected chi connectivity index (χ0v) is 11.8. The molecule has 0 aliphatic heterocycles. The minimum atomic E-state index is 1.01. The molecule has 2 heteroatoms. The topological polar surface area (TPSA) is 12.9 Å². The van der Waals surface area contributed by atoms with Crippen molar-refractivity contribution >= 4 is 13.3 Å². The van der Waals surface area contributed by atoms with E-state index >= 15 is 0 Å². The molecule has 1 aromatic heterocycles. The molecule has 1 heterocycles. The summed E-state index contributed by atoms with van der Waals surface area (Å²) >= 11 is 0. The summed E-state index contributed by atoms with van der Waals surface area (Å²) in [6.45, 7) is 2.09. The van der Waals surface area contributed by atoms with E-state index in [9.17, 15) is 0 Å². The first-order valence-corrected chi connectivity index (χ1v) is 6.82. The van der Waals surface area contributed by atoms with Crippen molar-refractivity contribution in [2.45, 2.75) is 6.92 Å². The second-order valence-corrected chi connectivity index (χ2v) is 5.16. The lowest BCUT2D eigenvalue weighted by atomic mass is 9.94. The highest BCUT2D eigenvalue weighted by molar-refractivity contribution is 6.32. The van der Waals surface area contributed by atoms with Crippen molar-refractivity contribution in [2.24, 2.45) is 0 Å². The van der Waals surface area contributed by atoms with Crippen LogP contribution in [0.1, 0.15) is 5.56 Å². The van der Waals surface area contributed by atoms with E-state index in [1.807, 2.05) is 6.20 Å². The maximum absolute atomic E-state index is 4.58. The van der Waals surface area contributed by atoms with E-state index in [2.05, 4.69) is 80.4 Å². The number of benzene rings is 2. The standard InChI is InChI=1S/C18H16BN/c1-13-2-4-15(5-3-13)18-11-8-16(12-20-18)14-6-9-17(19)10-7-14/h2-12H,19H2,1H3. The fourth-order valence-electron chi connectivity index (χ4n) is 2.21. The maximum atomic E-state index is 4.58. The molecule has 0 radical (unpaired) electrons. The van der Waals surface area contributed by atoms with E-state index in [4.69, 9.17) is 0 Å². The predicted octanol–water partition coefficient (Wildman–Crippen LogP) is 2.98. The van der Waals surface area contributed by atoms with Gasteiger partial charge in [-0.2, -0.15) is 0 Å². The van der Waals surface area contributed by atoms with Crippen LogP contribution in [-0.2, 0) is 0 Å². The summed E-state index contributed by atoms with van der Waals surface area (Å²) in [6, 6.07) is 21.2. The molecule has 3 rings (SSSR count). The Hall–Kier alpha value is -2.35. The zero-order valence-electron chi connectivity index (χ0n) is 11.8. The largest absolute Gasteiger partial charge is 0.256 e. The average molecular weight is 257 g/mol. The molecule has 0 atom stereocenters. The van der Waals surface area contributed by atoms with Gasteiger partial charge < -0.3 is 0 Å². The summed E-state index contributed by atoms with van der Waals surface area (Å²) in [5.74, 6) is 0. The van der Waals surface area contributed by atoms with Crippen molar-refractivity contribution in [1.82, 2.24) is 4.98 Å². The normalized spacial score (nSPS) is 10.4. The maximum Gasteiger partial charge on any atom is 0.139 e. The Bertz CT molecular complexity index is 633. The number of hydrogen-bond donors (Lipinski definition) is 0. The van der Waals surface area contributed by atoms with Crippen molar-refractivity contribution in [1.29, 1.82) is 0 Å². The quantitative estimate of drug-likeness (QED) is 0.643. The van der Waals surface area contributed by atoms with Gasteiger partial charge in [-0.15, -0.1) is 0 Å². The SMILES string of the molecule is Bc1ccc(-c2ccc(-c3ccc(C)cc3)nc2)cc1. The monoisotopic (exact) mass is 257 g/mol. The fraction of sp³-hybridized carbons (Fsp3) is 0.0556. The highest BCUT2D eigenvalue weighted by atomic mass is 14.7. The molecule has 0 N–H and O–H groups in total. The van der Waals surface area contributed by atoms with E-state index in [-0.39, 0.29) is 0 Å². The van der Waals surface area contributed by atoms with Crippen molar-refractivity contribution < 1.29 is 0 Å². The number of aryl methyl sites for hydroxylation is 1. The third kappa shape index (κ3) is 2.64. The Morgan fingerprint density at radius 1 is 0.700 bits per heavy atom. The second kappa shape index (κ2) is 5.34. The number of rotatable bonds is 2. The molecule has 0 saturated carbocycles. The van der Waals surface area contributed by atoms with Crippen LogP contribution < -0.4 is 5.46 Å². The molecule has 3 aromatic rings. The number of aromatic nitrogens is 1. The summed E-state index contributed by atoms with van der Waals surface area (Å²) in [7, 11) is 2.10. The molecule has 0 saturated heterocycles. The Kier molecular flexibility index (Phi) is 3.38. The lowest BCUT2D eigenvalue weighted by molar-refractivity contribution is 1.32. The van der Waals surface area contributed by atoms with Crippen molar-refractivity contribution in [3.8, 4) is 22.4 Å². The van der Waals surface area contributed by atoms with E-state index < -0.39 is 0 Å². The highest BCUT2D eigenvalue weighted by Gasteiger charge is 2.01. The van der Waals surface area contributed by atoms with E-state index in [0.717, 1.165) is 16.8 Å². The fourth-order valence-corrected chi connectivity index (χ4v) is 2.21. The van der Waals surface area contributed by atoms with Gasteiger partial charge in [-0.1, -0.05) is 65.6 Å². The Morgan fingerprint density at radius 2 is 1.30 bits per heavy atom. The van der Waals surface area contributed by atoms with Crippen LogP contribution in [0.2, 0.25) is 0 Å². The molecule has 0 spiro atoms. The molecule has 2 aromatic carbocycles. The Morgan fingerprint density at radius 3 is 1.90 bits per heavy atom. The first-order valence-electron chi connectivity index (χ1n) is 6.82. The lowest BCUT2D eigenvalue weighted by Gasteiger charge is -2.05. The van der Waals surface area contributed by atoms with Gasteiger partial charge in [0.05, 0.1) is 5.69 Å². The lowest BCUT2D eigenvalue weighted by Crippen LogP contribution is -1.99. The summed E-state index contributed by atoms with van der Waals surface area (Å²) in [4.78, 5) is 4.58. The van der Waals surface area contributed by atoms with Gasteiger partial charge in [-0.25, -0.2) is 0 Å². The van der Waals surface area contributed by atoms with E-state index in [1.54, 1.807) is 0 Å². The van der Waals surface area contributed by atoms with Crippen molar-refractivity contribution in [3.05, 3.63) is 72.4 Å². The summed E-state index contributed by atoms with van der Waals surface area (Å²) < 4.78 is 0. The minimum Gasteiger partial charge on any atom is -0.256 e. The summed E-state index contributed by atoms with van der Waals surface area (Å²) in [5, 5.41) is 0. The molecule has 0 bridgehead atoms. The van der Waals surface area contributed by atoms with Gasteiger partial charge in [0.1, 0.15) is 7.85 Å². The van der Waals surface area contributed by atoms with Crippen LogP contribution in [-0.4, -0.2) is 12.8 Å². The van der Waals surface area contributed by atoms with Crippen LogP contribution >= 0.6 is 0 Å². The highest BCUT2D eigenvalue weighted by Crippen LogP contribution is 2.22.